The van der Waals surface area contributed by atoms with E-state index in [0.717, 1.165) is 13.0 Å². The van der Waals surface area contributed by atoms with Crippen LogP contribution in [0.1, 0.15) is 16.8 Å². The van der Waals surface area contributed by atoms with Gasteiger partial charge in [0.15, 0.2) is 0 Å². The van der Waals surface area contributed by atoms with Gasteiger partial charge in [-0.15, -0.1) is 0 Å². The van der Waals surface area contributed by atoms with Gasteiger partial charge in [0, 0.05) is 12.6 Å². The molecule has 1 aromatic carbocycles. The molecule has 0 fully saturated rings. The number of oxime groups is 1. The molecule has 0 atom stereocenters. The second-order valence-electron chi connectivity index (χ2n) is 2.73. The van der Waals surface area contributed by atoms with E-state index < -0.39 is 5.97 Å². The minimum absolute atomic E-state index is 0.0671. The lowest BCUT2D eigenvalue weighted by atomic mass is 10.2. The standard InChI is InChI=1S/C7H6O3.C3H5NO/c8-6-4-2-1-3-5(6)7(9)10;1-2-4-5-3-1/h1-4,8H,(H,9,10);2H,1,3H2. The summed E-state index contributed by atoms with van der Waals surface area (Å²) in [7, 11) is 0. The van der Waals surface area contributed by atoms with Crippen molar-refractivity contribution >= 4 is 12.2 Å². The van der Waals surface area contributed by atoms with Crippen LogP contribution < -0.4 is 0 Å². The quantitative estimate of drug-likeness (QED) is 0.734. The number of phenols is 1. The molecule has 0 amide bonds. The largest absolute Gasteiger partial charge is 0.507 e. The first-order chi connectivity index (χ1) is 7.22. The monoisotopic (exact) mass is 209 g/mol. The Morgan fingerprint density at radius 3 is 2.47 bits per heavy atom. The number of para-hydroxylation sites is 1. The molecule has 5 heteroatoms. The molecule has 0 bridgehead atoms. The Bertz CT molecular complexity index is 356. The first kappa shape index (κ1) is 11.0. The van der Waals surface area contributed by atoms with Crippen molar-refractivity contribution in [1.82, 2.24) is 0 Å². The summed E-state index contributed by atoms with van der Waals surface area (Å²) in [5, 5.41) is 20.8. The maximum absolute atomic E-state index is 10.3. The van der Waals surface area contributed by atoms with Gasteiger partial charge >= 0.3 is 5.97 Å². The van der Waals surface area contributed by atoms with Gasteiger partial charge in [-0.05, 0) is 12.1 Å². The minimum Gasteiger partial charge on any atom is -0.507 e. The summed E-state index contributed by atoms with van der Waals surface area (Å²) in [5.41, 5.74) is -0.0671. The summed E-state index contributed by atoms with van der Waals surface area (Å²) in [6, 6.07) is 5.81. The van der Waals surface area contributed by atoms with Crippen molar-refractivity contribution in [2.45, 2.75) is 6.42 Å². The van der Waals surface area contributed by atoms with Crippen molar-refractivity contribution in [2.75, 3.05) is 6.61 Å². The van der Waals surface area contributed by atoms with Crippen molar-refractivity contribution in [3.05, 3.63) is 29.8 Å². The summed E-state index contributed by atoms with van der Waals surface area (Å²) in [4.78, 5) is 14.8. The van der Waals surface area contributed by atoms with E-state index in [0.29, 0.717) is 0 Å². The Morgan fingerprint density at radius 2 is 2.13 bits per heavy atom. The lowest BCUT2D eigenvalue weighted by Crippen LogP contribution is -1.95. The van der Waals surface area contributed by atoms with Crippen molar-refractivity contribution in [1.29, 1.82) is 0 Å². The number of carbonyl (C=O) groups is 1. The van der Waals surface area contributed by atoms with Crippen LogP contribution >= 0.6 is 0 Å². The van der Waals surface area contributed by atoms with E-state index in [1.165, 1.54) is 12.1 Å². The number of aromatic carboxylic acids is 1. The van der Waals surface area contributed by atoms with Gasteiger partial charge in [-0.1, -0.05) is 17.3 Å². The minimum atomic E-state index is -1.11. The fraction of sp³-hybridized carbons (Fsp3) is 0.200. The van der Waals surface area contributed by atoms with Crippen molar-refractivity contribution < 1.29 is 19.8 Å². The van der Waals surface area contributed by atoms with Gasteiger partial charge in [-0.2, -0.15) is 0 Å². The SMILES string of the molecule is C1=NOCC1.O=C(O)c1ccccc1O. The van der Waals surface area contributed by atoms with Crippen LogP contribution in [0, 0.1) is 0 Å². The smallest absolute Gasteiger partial charge is 0.339 e. The maximum Gasteiger partial charge on any atom is 0.339 e. The highest BCUT2D eigenvalue weighted by atomic mass is 16.6. The lowest BCUT2D eigenvalue weighted by Gasteiger charge is -1.95. The summed E-state index contributed by atoms with van der Waals surface area (Å²) >= 11 is 0. The predicted molar refractivity (Wildman–Crippen MR) is 54.1 cm³/mol. The molecule has 0 aliphatic carbocycles. The van der Waals surface area contributed by atoms with Gasteiger partial charge in [0.25, 0.3) is 0 Å². The number of hydrogen-bond acceptors (Lipinski definition) is 4. The molecule has 0 saturated carbocycles. The average molecular weight is 209 g/mol. The predicted octanol–water partition coefficient (Wildman–Crippen LogP) is 1.48. The van der Waals surface area contributed by atoms with Crippen molar-refractivity contribution in [3.63, 3.8) is 0 Å². The summed E-state index contributed by atoms with van der Waals surface area (Å²) in [6.07, 6.45) is 2.75. The van der Waals surface area contributed by atoms with Crippen molar-refractivity contribution in [3.8, 4) is 5.75 Å². The molecule has 5 nitrogen and oxygen atoms in total. The second kappa shape index (κ2) is 5.64. The third-order valence-corrected chi connectivity index (χ3v) is 1.62. The van der Waals surface area contributed by atoms with E-state index in [-0.39, 0.29) is 11.3 Å². The number of hydrogen-bond donors (Lipinski definition) is 2. The summed E-state index contributed by atoms with van der Waals surface area (Å²) < 4.78 is 0. The first-order valence-electron chi connectivity index (χ1n) is 4.37. The number of nitrogens with zero attached hydrogens (tertiary/aromatic N) is 1. The van der Waals surface area contributed by atoms with E-state index in [1.807, 2.05) is 0 Å². The Balaban J connectivity index is 0.000000187. The lowest BCUT2D eigenvalue weighted by molar-refractivity contribution is 0.0694. The molecule has 2 rings (SSSR count). The molecule has 0 spiro atoms. The van der Waals surface area contributed by atoms with Crippen LogP contribution in [-0.2, 0) is 4.84 Å². The van der Waals surface area contributed by atoms with Crippen LogP contribution in [0.2, 0.25) is 0 Å². The van der Waals surface area contributed by atoms with Crippen molar-refractivity contribution in [2.24, 2.45) is 5.16 Å². The Kier molecular flexibility index (Phi) is 4.15. The van der Waals surface area contributed by atoms with E-state index >= 15 is 0 Å². The molecule has 1 aliphatic heterocycles. The van der Waals surface area contributed by atoms with Crippen LogP contribution in [-0.4, -0.2) is 29.0 Å². The zero-order valence-corrected chi connectivity index (χ0v) is 7.96. The molecule has 0 radical (unpaired) electrons. The van der Waals surface area contributed by atoms with Gasteiger partial charge in [-0.25, -0.2) is 4.79 Å². The Labute approximate surface area is 86.6 Å². The van der Waals surface area contributed by atoms with Gasteiger partial charge in [0.1, 0.15) is 17.9 Å². The molecule has 0 unspecified atom stereocenters. The number of aromatic hydroxyl groups is 1. The molecule has 1 heterocycles. The van der Waals surface area contributed by atoms with Gasteiger partial charge in [-0.3, -0.25) is 0 Å². The number of rotatable bonds is 1. The maximum atomic E-state index is 10.3. The van der Waals surface area contributed by atoms with E-state index in [1.54, 1.807) is 18.3 Å². The fourth-order valence-corrected chi connectivity index (χ4v) is 0.918. The van der Waals surface area contributed by atoms with Gasteiger partial charge < -0.3 is 15.1 Å². The molecule has 2 N–H and O–H groups in total. The molecule has 1 aliphatic rings. The Morgan fingerprint density at radius 1 is 1.40 bits per heavy atom. The molecule has 0 aromatic heterocycles. The molecular formula is C10H11NO4. The van der Waals surface area contributed by atoms with E-state index in [2.05, 4.69) is 9.99 Å². The summed E-state index contributed by atoms with van der Waals surface area (Å²) in [5.74, 6) is -1.31. The summed E-state index contributed by atoms with van der Waals surface area (Å²) in [6.45, 7) is 0.778. The topological polar surface area (TPSA) is 79.1 Å². The van der Waals surface area contributed by atoms with E-state index in [4.69, 9.17) is 10.2 Å². The highest BCUT2D eigenvalue weighted by Crippen LogP contribution is 2.14. The molecule has 0 saturated heterocycles. The Hall–Kier alpha value is -2.04. The third-order valence-electron chi connectivity index (χ3n) is 1.62. The van der Waals surface area contributed by atoms with Gasteiger partial charge in [0.2, 0.25) is 0 Å². The van der Waals surface area contributed by atoms with Crippen LogP contribution in [0.15, 0.2) is 29.4 Å². The second-order valence-corrected chi connectivity index (χ2v) is 2.73. The highest BCUT2D eigenvalue weighted by Gasteiger charge is 2.05. The fourth-order valence-electron chi connectivity index (χ4n) is 0.918. The number of carboxylic acids is 1. The number of carboxylic acid groups (broad SMARTS) is 1. The molecular weight excluding hydrogens is 198 g/mol. The van der Waals surface area contributed by atoms with Crippen LogP contribution in [0.25, 0.3) is 0 Å². The normalized spacial score (nSPS) is 12.5. The van der Waals surface area contributed by atoms with Crippen LogP contribution in [0.4, 0.5) is 0 Å². The molecule has 1 aromatic rings. The third kappa shape index (κ3) is 3.68. The first-order valence-corrected chi connectivity index (χ1v) is 4.37. The van der Waals surface area contributed by atoms with Crippen LogP contribution in [0.3, 0.4) is 0 Å². The zero-order valence-electron chi connectivity index (χ0n) is 7.96. The molecule has 15 heavy (non-hydrogen) atoms. The van der Waals surface area contributed by atoms with E-state index in [9.17, 15) is 4.79 Å². The number of benzene rings is 1. The van der Waals surface area contributed by atoms with Gasteiger partial charge in [0.05, 0.1) is 0 Å². The van der Waals surface area contributed by atoms with Crippen LogP contribution in [0.5, 0.6) is 5.75 Å². The molecule has 80 valence electrons. The zero-order chi connectivity index (χ0) is 11.1. The average Bonchev–Trinajstić information content (AvgIpc) is 2.75. The highest BCUT2D eigenvalue weighted by molar-refractivity contribution is 5.90.